The number of hydrogen-bond donors (Lipinski definition) is 2. The third-order valence-electron chi connectivity index (χ3n) is 3.29. The van der Waals surface area contributed by atoms with Gasteiger partial charge in [0.2, 0.25) is 0 Å². The minimum Gasteiger partial charge on any atom is -0.331 e. The van der Waals surface area contributed by atoms with Gasteiger partial charge in [-0.15, -0.1) is 0 Å². The standard InChI is InChI=1S/C17H15ClF3N3S/c1-2-14(11-7-9-12(18)10-8-11)23-24-16(25)22-15-6-4-3-5-13(15)17(19,20)21/h3-10H,2H2,1H3,(H2,22,24,25)/b23-14-. The first-order chi connectivity index (χ1) is 11.8. The van der Waals surface area contributed by atoms with Gasteiger partial charge in [-0.05, 0) is 48.5 Å². The van der Waals surface area contributed by atoms with Crippen molar-refractivity contribution in [2.75, 3.05) is 5.32 Å². The summed E-state index contributed by atoms with van der Waals surface area (Å²) in [6.45, 7) is 1.91. The van der Waals surface area contributed by atoms with E-state index in [1.54, 1.807) is 12.1 Å². The number of para-hydroxylation sites is 1. The highest BCUT2D eigenvalue weighted by Gasteiger charge is 2.33. The number of hydrogen-bond acceptors (Lipinski definition) is 2. The van der Waals surface area contributed by atoms with Crippen LogP contribution in [0.5, 0.6) is 0 Å². The summed E-state index contributed by atoms with van der Waals surface area (Å²) in [6, 6.07) is 12.2. The highest BCUT2D eigenvalue weighted by Crippen LogP contribution is 2.34. The Bertz CT molecular complexity index is 773. The number of benzene rings is 2. The summed E-state index contributed by atoms with van der Waals surface area (Å²) < 4.78 is 38.9. The average molecular weight is 386 g/mol. The number of rotatable bonds is 4. The Hall–Kier alpha value is -2.12. The Balaban J connectivity index is 2.11. The molecule has 0 amide bonds. The van der Waals surface area contributed by atoms with Gasteiger partial charge >= 0.3 is 6.18 Å². The molecule has 2 aromatic carbocycles. The van der Waals surface area contributed by atoms with Crippen LogP contribution in [0.25, 0.3) is 0 Å². The lowest BCUT2D eigenvalue weighted by Crippen LogP contribution is -2.26. The van der Waals surface area contributed by atoms with Crippen LogP contribution in [0.15, 0.2) is 53.6 Å². The van der Waals surface area contributed by atoms with Crippen LogP contribution < -0.4 is 10.7 Å². The van der Waals surface area contributed by atoms with Crippen LogP contribution in [0.2, 0.25) is 5.02 Å². The molecule has 0 aliphatic heterocycles. The first-order valence-corrected chi connectivity index (χ1v) is 8.15. The van der Waals surface area contributed by atoms with Gasteiger partial charge in [0, 0.05) is 5.02 Å². The van der Waals surface area contributed by atoms with E-state index in [2.05, 4.69) is 15.8 Å². The van der Waals surface area contributed by atoms with Crippen molar-refractivity contribution < 1.29 is 13.2 Å². The first kappa shape index (κ1) is 19.2. The van der Waals surface area contributed by atoms with Gasteiger partial charge in [0.15, 0.2) is 5.11 Å². The molecule has 0 heterocycles. The number of halogens is 4. The maximum absolute atomic E-state index is 13.0. The zero-order valence-corrected chi connectivity index (χ0v) is 14.8. The van der Waals surface area contributed by atoms with Crippen LogP contribution in [0.4, 0.5) is 18.9 Å². The van der Waals surface area contributed by atoms with Gasteiger partial charge in [0.05, 0.1) is 17.0 Å². The molecule has 2 N–H and O–H groups in total. The largest absolute Gasteiger partial charge is 0.418 e. The van der Waals surface area contributed by atoms with E-state index in [0.29, 0.717) is 17.2 Å². The quantitative estimate of drug-likeness (QED) is 0.417. The molecule has 2 rings (SSSR count). The second-order valence-corrected chi connectivity index (χ2v) is 5.87. The minimum atomic E-state index is -4.47. The van der Waals surface area contributed by atoms with Gasteiger partial charge in [-0.1, -0.05) is 42.8 Å². The molecule has 8 heteroatoms. The van der Waals surface area contributed by atoms with Gasteiger partial charge in [-0.2, -0.15) is 18.3 Å². The van der Waals surface area contributed by atoms with Gasteiger partial charge in [0.1, 0.15) is 0 Å². The SMILES string of the molecule is CC/C(=N/NC(=S)Nc1ccccc1C(F)(F)F)c1ccc(Cl)cc1. The molecule has 0 aromatic heterocycles. The fourth-order valence-corrected chi connectivity index (χ4v) is 2.38. The molecule has 3 nitrogen and oxygen atoms in total. The third kappa shape index (κ3) is 5.44. The summed E-state index contributed by atoms with van der Waals surface area (Å²) in [5.41, 5.74) is 3.20. The van der Waals surface area contributed by atoms with Crippen molar-refractivity contribution in [3.63, 3.8) is 0 Å². The molecule has 0 saturated heterocycles. The molecule has 0 unspecified atom stereocenters. The number of hydrazone groups is 1. The van der Waals surface area contributed by atoms with Crippen molar-refractivity contribution in [2.45, 2.75) is 19.5 Å². The zero-order chi connectivity index (χ0) is 18.4. The maximum Gasteiger partial charge on any atom is 0.418 e. The number of thiocarbonyl (C=S) groups is 1. The molecule has 0 spiro atoms. The normalized spacial score (nSPS) is 12.0. The summed E-state index contributed by atoms with van der Waals surface area (Å²) >= 11 is 10.9. The van der Waals surface area contributed by atoms with Crippen LogP contribution in [-0.2, 0) is 6.18 Å². The first-order valence-electron chi connectivity index (χ1n) is 7.37. The van der Waals surface area contributed by atoms with Gasteiger partial charge in [-0.25, -0.2) is 0 Å². The summed E-state index contributed by atoms with van der Waals surface area (Å²) in [4.78, 5) is 0. The minimum absolute atomic E-state index is 0.0309. The lowest BCUT2D eigenvalue weighted by Gasteiger charge is -2.14. The van der Waals surface area contributed by atoms with Crippen molar-refractivity contribution in [3.05, 3.63) is 64.7 Å². The van der Waals surface area contributed by atoms with Crippen molar-refractivity contribution in [1.29, 1.82) is 0 Å². The topological polar surface area (TPSA) is 36.4 Å². The number of alkyl halides is 3. The molecule has 0 radical (unpaired) electrons. The second kappa shape index (κ2) is 8.31. The van der Waals surface area contributed by atoms with Crippen LogP contribution in [0.1, 0.15) is 24.5 Å². The summed E-state index contributed by atoms with van der Waals surface area (Å²) in [5.74, 6) is 0. The Morgan fingerprint density at radius 1 is 1.12 bits per heavy atom. The fourth-order valence-electron chi connectivity index (χ4n) is 2.10. The Morgan fingerprint density at radius 3 is 2.36 bits per heavy atom. The van der Waals surface area contributed by atoms with Crippen LogP contribution in [0, 0.1) is 0 Å². The van der Waals surface area contributed by atoms with Crippen LogP contribution in [-0.4, -0.2) is 10.8 Å². The smallest absolute Gasteiger partial charge is 0.331 e. The highest BCUT2D eigenvalue weighted by molar-refractivity contribution is 7.80. The maximum atomic E-state index is 13.0. The second-order valence-electron chi connectivity index (χ2n) is 5.03. The van der Waals surface area contributed by atoms with Gasteiger partial charge < -0.3 is 5.32 Å². The molecule has 25 heavy (non-hydrogen) atoms. The molecule has 0 fully saturated rings. The number of nitrogens with zero attached hydrogens (tertiary/aromatic N) is 1. The Kier molecular flexibility index (Phi) is 6.39. The average Bonchev–Trinajstić information content (AvgIpc) is 2.56. The van der Waals surface area contributed by atoms with Crippen LogP contribution >= 0.6 is 23.8 Å². The van der Waals surface area contributed by atoms with Crippen molar-refractivity contribution in [2.24, 2.45) is 5.10 Å². The van der Waals surface area contributed by atoms with Crippen molar-refractivity contribution in [3.8, 4) is 0 Å². The van der Waals surface area contributed by atoms with E-state index in [0.717, 1.165) is 11.6 Å². The molecule has 0 atom stereocenters. The summed E-state index contributed by atoms with van der Waals surface area (Å²) in [5, 5.41) is 7.27. The van der Waals surface area contributed by atoms with E-state index >= 15 is 0 Å². The van der Waals surface area contributed by atoms with Crippen molar-refractivity contribution in [1.82, 2.24) is 5.43 Å². The summed E-state index contributed by atoms with van der Waals surface area (Å²) in [7, 11) is 0. The molecule has 0 bridgehead atoms. The van der Waals surface area contributed by atoms with E-state index in [4.69, 9.17) is 23.8 Å². The molecule has 0 aliphatic rings. The zero-order valence-electron chi connectivity index (χ0n) is 13.2. The van der Waals surface area contributed by atoms with E-state index in [-0.39, 0.29) is 10.8 Å². The third-order valence-corrected chi connectivity index (χ3v) is 3.73. The van der Waals surface area contributed by atoms with E-state index in [1.807, 2.05) is 19.1 Å². The predicted molar refractivity (Wildman–Crippen MR) is 99.1 cm³/mol. The number of nitrogens with one attached hydrogen (secondary N) is 2. The van der Waals surface area contributed by atoms with Gasteiger partial charge in [-0.3, -0.25) is 5.43 Å². The fraction of sp³-hybridized carbons (Fsp3) is 0.176. The van der Waals surface area contributed by atoms with Gasteiger partial charge in [0.25, 0.3) is 0 Å². The predicted octanol–water partition coefficient (Wildman–Crippen LogP) is 5.46. The lowest BCUT2D eigenvalue weighted by atomic mass is 10.1. The highest BCUT2D eigenvalue weighted by atomic mass is 35.5. The lowest BCUT2D eigenvalue weighted by molar-refractivity contribution is -0.136. The summed E-state index contributed by atoms with van der Waals surface area (Å²) in [6.07, 6.45) is -3.86. The number of anilines is 1. The van der Waals surface area contributed by atoms with Crippen molar-refractivity contribution >= 4 is 40.3 Å². The molecule has 0 saturated carbocycles. The van der Waals surface area contributed by atoms with Crippen LogP contribution in [0.3, 0.4) is 0 Å². The van der Waals surface area contributed by atoms with E-state index in [9.17, 15) is 13.2 Å². The molecular formula is C17H15ClF3N3S. The molecular weight excluding hydrogens is 371 g/mol. The Labute approximate surface area is 153 Å². The molecule has 132 valence electrons. The Morgan fingerprint density at radius 2 is 1.76 bits per heavy atom. The molecule has 2 aromatic rings. The molecule has 0 aliphatic carbocycles. The van der Waals surface area contributed by atoms with E-state index in [1.165, 1.54) is 18.2 Å². The van der Waals surface area contributed by atoms with E-state index < -0.39 is 11.7 Å². The monoisotopic (exact) mass is 385 g/mol.